The molecule has 0 unspecified atom stereocenters. The van der Waals surface area contributed by atoms with E-state index in [1.807, 2.05) is 0 Å². The molecule has 2 N–H and O–H groups in total. The molecule has 0 saturated heterocycles. The summed E-state index contributed by atoms with van der Waals surface area (Å²) >= 11 is 7.06. The van der Waals surface area contributed by atoms with Gasteiger partial charge >= 0.3 is 0 Å². The van der Waals surface area contributed by atoms with Crippen molar-refractivity contribution >= 4 is 45.6 Å². The average molecular weight is 553 g/mol. The molecule has 196 valence electrons. The van der Waals surface area contributed by atoms with Crippen LogP contribution in [0, 0.1) is 6.92 Å². The maximum Gasteiger partial charge on any atom is 0.289 e. The normalized spacial score (nSPS) is 11.2. The Morgan fingerprint density at radius 2 is 1.79 bits per heavy atom. The van der Waals surface area contributed by atoms with Crippen molar-refractivity contribution in [3.63, 3.8) is 0 Å². The zero-order chi connectivity index (χ0) is 27.6. The third kappa shape index (κ3) is 5.80. The summed E-state index contributed by atoms with van der Waals surface area (Å²) < 4.78 is 5.41. The van der Waals surface area contributed by atoms with E-state index in [0.717, 1.165) is 16.9 Å². The second-order valence-corrected chi connectivity index (χ2v) is 10.3. The molecule has 38 heavy (non-hydrogen) atoms. The largest absolute Gasteiger partial charge is 0.494 e. The molecule has 3 heterocycles. The van der Waals surface area contributed by atoms with E-state index in [9.17, 15) is 14.7 Å². The zero-order valence-corrected chi connectivity index (χ0v) is 22.9. The molecule has 3 aromatic heterocycles. The Kier molecular flexibility index (Phi) is 7.72. The number of hydrogen-bond acceptors (Lipinski definition) is 9. The van der Waals surface area contributed by atoms with Gasteiger partial charge in [-0.05, 0) is 50.6 Å². The van der Waals surface area contributed by atoms with Gasteiger partial charge in [0.05, 0.1) is 24.5 Å². The molecule has 12 heteroatoms. The van der Waals surface area contributed by atoms with Crippen LogP contribution in [0.4, 0.5) is 10.8 Å². The first-order valence-corrected chi connectivity index (χ1v) is 12.6. The van der Waals surface area contributed by atoms with E-state index in [1.165, 1.54) is 24.4 Å². The van der Waals surface area contributed by atoms with Gasteiger partial charge in [0, 0.05) is 35.8 Å². The molecule has 0 aliphatic rings. The number of benzene rings is 1. The van der Waals surface area contributed by atoms with Gasteiger partial charge in [0.1, 0.15) is 10.9 Å². The number of carbonyl (C=O) groups is 2. The Hall–Kier alpha value is -3.93. The quantitative estimate of drug-likeness (QED) is 0.315. The van der Waals surface area contributed by atoms with Crippen LogP contribution in [0.15, 0.2) is 48.8 Å². The van der Waals surface area contributed by atoms with Gasteiger partial charge in [0.2, 0.25) is 10.1 Å². The molecule has 2 amide bonds. The van der Waals surface area contributed by atoms with Gasteiger partial charge in [-0.15, -0.1) is 10.2 Å². The van der Waals surface area contributed by atoms with Gasteiger partial charge in [-0.1, -0.05) is 35.1 Å². The van der Waals surface area contributed by atoms with E-state index in [-0.39, 0.29) is 20.9 Å². The maximum atomic E-state index is 13.2. The smallest absolute Gasteiger partial charge is 0.289 e. The van der Waals surface area contributed by atoms with Crippen LogP contribution in [-0.2, 0) is 5.60 Å². The fourth-order valence-electron chi connectivity index (χ4n) is 3.63. The second kappa shape index (κ2) is 10.8. The van der Waals surface area contributed by atoms with Crippen LogP contribution in [-0.4, -0.2) is 51.2 Å². The third-order valence-electron chi connectivity index (χ3n) is 5.72. The number of halogens is 1. The number of carbonyl (C=O) groups excluding carboxylic acids is 2. The van der Waals surface area contributed by atoms with Gasteiger partial charge in [-0.3, -0.25) is 19.9 Å². The molecule has 0 aliphatic carbocycles. The fraction of sp³-hybridized carbons (Fsp3) is 0.231. The van der Waals surface area contributed by atoms with Gasteiger partial charge in [-0.25, -0.2) is 4.98 Å². The van der Waals surface area contributed by atoms with Gasteiger partial charge in [-0.2, -0.15) is 0 Å². The Morgan fingerprint density at radius 3 is 2.45 bits per heavy atom. The van der Waals surface area contributed by atoms with E-state index < -0.39 is 17.4 Å². The number of aliphatic hydroxyl groups is 1. The second-order valence-electron chi connectivity index (χ2n) is 8.92. The number of hydrogen-bond donors (Lipinski definition) is 2. The van der Waals surface area contributed by atoms with E-state index in [0.29, 0.717) is 28.3 Å². The Labute approximate surface area is 228 Å². The number of methoxy groups -OCH3 is 1. The summed E-state index contributed by atoms with van der Waals surface area (Å²) in [6, 6.07) is 10.3. The zero-order valence-electron chi connectivity index (χ0n) is 21.3. The highest BCUT2D eigenvalue weighted by atomic mass is 35.5. The lowest BCUT2D eigenvalue weighted by atomic mass is 9.98. The van der Waals surface area contributed by atoms with Crippen LogP contribution in [0.25, 0.3) is 11.1 Å². The number of amides is 2. The van der Waals surface area contributed by atoms with E-state index in [1.54, 1.807) is 64.2 Å². The SMILES string of the molecule is COc1cnc(Cl)cc1-c1cc(C)ncc1C(=O)Nc1nnc(C(=O)N(C)c2ccc(C(C)(C)O)cc2)s1. The molecule has 0 bridgehead atoms. The lowest BCUT2D eigenvalue weighted by molar-refractivity contribution is 0.0786. The summed E-state index contributed by atoms with van der Waals surface area (Å²) in [5.74, 6) is -0.447. The molecule has 0 spiro atoms. The third-order valence-corrected chi connectivity index (χ3v) is 6.76. The van der Waals surface area contributed by atoms with E-state index in [2.05, 4.69) is 25.5 Å². The average Bonchev–Trinajstić information content (AvgIpc) is 3.35. The predicted octanol–water partition coefficient (Wildman–Crippen LogP) is 4.72. The van der Waals surface area contributed by atoms with Crippen LogP contribution in [0.5, 0.6) is 5.75 Å². The van der Waals surface area contributed by atoms with E-state index >= 15 is 0 Å². The molecule has 0 atom stereocenters. The van der Waals surface area contributed by atoms with Crippen LogP contribution in [0.1, 0.15) is 45.3 Å². The van der Waals surface area contributed by atoms with Crippen molar-refractivity contribution in [3.8, 4) is 16.9 Å². The number of aryl methyl sites for hydroxylation is 1. The highest BCUT2D eigenvalue weighted by Crippen LogP contribution is 2.34. The van der Waals surface area contributed by atoms with E-state index in [4.69, 9.17) is 16.3 Å². The topological polar surface area (TPSA) is 130 Å². The van der Waals surface area contributed by atoms with Crippen LogP contribution in [0.2, 0.25) is 5.15 Å². The first-order chi connectivity index (χ1) is 18.0. The minimum atomic E-state index is -0.991. The monoisotopic (exact) mass is 552 g/mol. The molecule has 1 aromatic carbocycles. The predicted molar refractivity (Wildman–Crippen MR) is 146 cm³/mol. The number of nitrogens with zero attached hydrogens (tertiary/aromatic N) is 5. The minimum absolute atomic E-state index is 0.0965. The van der Waals surface area contributed by atoms with Gasteiger partial charge in [0.25, 0.3) is 11.8 Å². The first kappa shape index (κ1) is 27.1. The van der Waals surface area contributed by atoms with Gasteiger partial charge < -0.3 is 14.7 Å². The summed E-state index contributed by atoms with van der Waals surface area (Å²) in [5, 5.41) is 21.3. The Morgan fingerprint density at radius 1 is 1.08 bits per heavy atom. The molecule has 0 saturated carbocycles. The fourth-order valence-corrected chi connectivity index (χ4v) is 4.50. The molecule has 4 aromatic rings. The number of anilines is 2. The maximum absolute atomic E-state index is 13.2. The van der Waals surface area contributed by atoms with Crippen molar-refractivity contribution < 1.29 is 19.4 Å². The van der Waals surface area contributed by atoms with Crippen molar-refractivity contribution in [2.75, 3.05) is 24.4 Å². The molecular weight excluding hydrogens is 528 g/mol. The minimum Gasteiger partial charge on any atom is -0.494 e. The van der Waals surface area contributed by atoms with Crippen molar-refractivity contribution in [2.24, 2.45) is 0 Å². The summed E-state index contributed by atoms with van der Waals surface area (Å²) in [5.41, 5.74) is 2.41. The molecule has 0 radical (unpaired) electrons. The molecule has 0 fully saturated rings. The van der Waals surface area contributed by atoms with Crippen LogP contribution in [0.3, 0.4) is 0 Å². The number of ether oxygens (including phenoxy) is 1. The first-order valence-electron chi connectivity index (χ1n) is 11.4. The van der Waals surface area contributed by atoms with Crippen molar-refractivity contribution in [3.05, 3.63) is 75.8 Å². The Balaban J connectivity index is 1.55. The highest BCUT2D eigenvalue weighted by molar-refractivity contribution is 7.17. The molecule has 10 nitrogen and oxygen atoms in total. The summed E-state index contributed by atoms with van der Waals surface area (Å²) in [6.45, 7) is 5.18. The van der Waals surface area contributed by atoms with Crippen molar-refractivity contribution in [2.45, 2.75) is 26.4 Å². The number of pyridine rings is 2. The lowest BCUT2D eigenvalue weighted by Gasteiger charge is -2.20. The summed E-state index contributed by atoms with van der Waals surface area (Å²) in [6.07, 6.45) is 2.93. The highest BCUT2D eigenvalue weighted by Gasteiger charge is 2.23. The standard InChI is InChI=1S/C26H25ClN6O4S/c1-14-10-17(18-11-21(27)29-13-20(18)37-5)19(12-28-14)22(34)30-25-32-31-23(38-25)24(35)33(4)16-8-6-15(7-9-16)26(2,3)36/h6-13,36H,1-5H3,(H,30,32,34). The number of nitrogens with one attached hydrogen (secondary N) is 1. The number of rotatable bonds is 7. The number of aromatic nitrogens is 4. The molecule has 4 rings (SSSR count). The van der Waals surface area contributed by atoms with Crippen molar-refractivity contribution in [1.82, 2.24) is 20.2 Å². The summed E-state index contributed by atoms with van der Waals surface area (Å²) in [4.78, 5) is 35.9. The summed E-state index contributed by atoms with van der Waals surface area (Å²) in [7, 11) is 3.11. The van der Waals surface area contributed by atoms with Crippen LogP contribution < -0.4 is 15.0 Å². The van der Waals surface area contributed by atoms with Crippen LogP contribution >= 0.6 is 22.9 Å². The lowest BCUT2D eigenvalue weighted by Crippen LogP contribution is -2.26. The van der Waals surface area contributed by atoms with Gasteiger partial charge in [0.15, 0.2) is 0 Å². The molecular formula is C26H25ClN6O4S. The van der Waals surface area contributed by atoms with Crippen molar-refractivity contribution in [1.29, 1.82) is 0 Å². The molecule has 0 aliphatic heterocycles. The Bertz CT molecular complexity index is 1500.